The van der Waals surface area contributed by atoms with E-state index in [1.54, 1.807) is 39.0 Å². The van der Waals surface area contributed by atoms with E-state index in [0.29, 0.717) is 17.1 Å². The maximum absolute atomic E-state index is 14.2. The fraction of sp³-hybridized carbons (Fsp3) is 0.680. The summed E-state index contributed by atoms with van der Waals surface area (Å²) in [6.07, 6.45) is 3.04. The molecule has 4 aliphatic carbocycles. The molecule has 4 aliphatic rings. The third kappa shape index (κ3) is 2.61. The molecule has 0 aliphatic heterocycles. The number of Topliss-reactive ketones (excluding diaryl/α,β-unsaturated/α-hetero) is 1. The van der Waals surface area contributed by atoms with Crippen molar-refractivity contribution in [3.8, 4) is 0 Å². The Hall–Kier alpha value is -1.76. The number of fused-ring (bicyclic) bond motifs is 3. The Morgan fingerprint density at radius 1 is 1.35 bits per heavy atom. The molecule has 1 spiro atoms. The molecule has 0 aromatic heterocycles. The molecule has 0 amide bonds. The van der Waals surface area contributed by atoms with Gasteiger partial charge in [-0.05, 0) is 61.5 Å². The number of allylic oxidation sites excluding steroid dienone is 2. The lowest BCUT2D eigenvalue weighted by atomic mass is 9.59. The van der Waals surface area contributed by atoms with Crippen molar-refractivity contribution >= 4 is 11.8 Å². The molecular formula is C25H34O6. The predicted molar refractivity (Wildman–Crippen MR) is 115 cm³/mol. The van der Waals surface area contributed by atoms with E-state index in [1.165, 1.54) is 0 Å². The molecule has 0 radical (unpaired) electrons. The van der Waals surface area contributed by atoms with Crippen LogP contribution in [0.25, 0.3) is 0 Å². The van der Waals surface area contributed by atoms with Crippen molar-refractivity contribution in [1.29, 1.82) is 0 Å². The summed E-state index contributed by atoms with van der Waals surface area (Å²) in [5, 5.41) is 33.7. The summed E-state index contributed by atoms with van der Waals surface area (Å²) in [5.41, 5.74) is -2.36. The Labute approximate surface area is 183 Å². The summed E-state index contributed by atoms with van der Waals surface area (Å²) in [6, 6.07) is 0. The fourth-order valence-electron chi connectivity index (χ4n) is 6.91. The predicted octanol–water partition coefficient (Wildman–Crippen LogP) is 2.33. The zero-order valence-electron chi connectivity index (χ0n) is 19.2. The lowest BCUT2D eigenvalue weighted by Crippen LogP contribution is -2.65. The van der Waals surface area contributed by atoms with Gasteiger partial charge in [-0.1, -0.05) is 39.0 Å². The molecule has 0 aromatic rings. The summed E-state index contributed by atoms with van der Waals surface area (Å²) < 4.78 is 5.72. The molecule has 8 atom stereocenters. The van der Waals surface area contributed by atoms with Crippen LogP contribution in [-0.2, 0) is 14.3 Å². The number of carbonyl (C=O) groups excluding carboxylic acids is 2. The molecule has 2 fully saturated rings. The van der Waals surface area contributed by atoms with Gasteiger partial charge in [0, 0.05) is 11.5 Å². The van der Waals surface area contributed by atoms with Gasteiger partial charge in [-0.2, -0.15) is 0 Å². The van der Waals surface area contributed by atoms with Gasteiger partial charge in [0.2, 0.25) is 0 Å². The second-order valence-corrected chi connectivity index (χ2v) is 10.6. The van der Waals surface area contributed by atoms with Crippen LogP contribution in [-0.4, -0.2) is 51.5 Å². The van der Waals surface area contributed by atoms with Crippen molar-refractivity contribution in [2.24, 2.45) is 34.5 Å². The summed E-state index contributed by atoms with van der Waals surface area (Å²) in [4.78, 5) is 26.8. The molecule has 170 valence electrons. The molecule has 3 N–H and O–H groups in total. The fourth-order valence-corrected chi connectivity index (χ4v) is 6.91. The number of hydrogen-bond donors (Lipinski definition) is 3. The van der Waals surface area contributed by atoms with Gasteiger partial charge in [-0.25, -0.2) is 4.79 Å². The quantitative estimate of drug-likeness (QED) is 0.361. The van der Waals surface area contributed by atoms with Crippen LogP contribution < -0.4 is 0 Å². The number of aliphatic hydroxyl groups excluding tert-OH is 2. The summed E-state index contributed by atoms with van der Waals surface area (Å²) in [5.74, 6) is -1.13. The molecule has 0 heterocycles. The van der Waals surface area contributed by atoms with Crippen LogP contribution in [0.1, 0.15) is 48.0 Å². The minimum atomic E-state index is -2.08. The van der Waals surface area contributed by atoms with Crippen molar-refractivity contribution < 1.29 is 29.6 Å². The lowest BCUT2D eigenvalue weighted by Gasteiger charge is -2.48. The standard InChI is InChI=1S/C25H34O6/c1-7-12(2)22(29)31-21-13(3)10-24-14(4)8-17-18(23(17,5)6)16(20(24)28)9-15(11-26)19(27)25(21,24)30/h7,9-10,14,16-19,21,26-27,30H,8,11H2,1-6H3/t14?,16?,17?,18?,19?,21?,24-,25-/m0/s1. The second kappa shape index (κ2) is 6.87. The first-order valence-corrected chi connectivity index (χ1v) is 11.2. The Balaban J connectivity index is 1.91. The highest BCUT2D eigenvalue weighted by Crippen LogP contribution is 2.71. The van der Waals surface area contributed by atoms with Crippen LogP contribution >= 0.6 is 0 Å². The monoisotopic (exact) mass is 430 g/mol. The first kappa shape index (κ1) is 22.4. The van der Waals surface area contributed by atoms with Crippen LogP contribution in [0.4, 0.5) is 0 Å². The highest BCUT2D eigenvalue weighted by Gasteiger charge is 2.76. The summed E-state index contributed by atoms with van der Waals surface area (Å²) in [6.45, 7) is 10.8. The van der Waals surface area contributed by atoms with Crippen LogP contribution in [0.2, 0.25) is 0 Å². The van der Waals surface area contributed by atoms with Crippen molar-refractivity contribution in [3.63, 3.8) is 0 Å². The Kier molecular flexibility index (Phi) is 4.97. The first-order valence-electron chi connectivity index (χ1n) is 11.2. The van der Waals surface area contributed by atoms with Crippen molar-refractivity contribution in [1.82, 2.24) is 0 Å². The zero-order chi connectivity index (χ0) is 23.1. The zero-order valence-corrected chi connectivity index (χ0v) is 19.2. The average molecular weight is 431 g/mol. The number of ketones is 1. The number of rotatable bonds is 3. The minimum Gasteiger partial charge on any atom is -0.451 e. The molecule has 2 saturated carbocycles. The van der Waals surface area contributed by atoms with Crippen molar-refractivity contribution in [2.45, 2.75) is 65.8 Å². The smallest absolute Gasteiger partial charge is 0.334 e. The maximum atomic E-state index is 14.2. The van der Waals surface area contributed by atoms with Gasteiger partial charge >= 0.3 is 5.97 Å². The van der Waals surface area contributed by atoms with E-state index in [9.17, 15) is 24.9 Å². The van der Waals surface area contributed by atoms with Gasteiger partial charge in [0.15, 0.2) is 17.5 Å². The van der Waals surface area contributed by atoms with E-state index in [1.807, 2.05) is 6.92 Å². The number of ether oxygens (including phenoxy) is 1. The van der Waals surface area contributed by atoms with E-state index in [4.69, 9.17) is 4.74 Å². The molecule has 6 unspecified atom stereocenters. The summed E-state index contributed by atoms with van der Waals surface area (Å²) >= 11 is 0. The van der Waals surface area contributed by atoms with Crippen LogP contribution in [0.15, 0.2) is 34.9 Å². The van der Waals surface area contributed by atoms with E-state index in [2.05, 4.69) is 13.8 Å². The SMILES string of the molecule is CC=C(C)C(=O)OC1C(C)=C[C@]23C(=O)C(C=C(CO)C(O)[C@]12O)C1C(CC3C)C1(C)C. The Morgan fingerprint density at radius 2 is 2.00 bits per heavy atom. The van der Waals surface area contributed by atoms with Gasteiger partial charge < -0.3 is 20.1 Å². The molecule has 6 heteroatoms. The molecule has 4 rings (SSSR count). The normalized spacial score (nSPS) is 45.6. The van der Waals surface area contributed by atoms with E-state index in [0.717, 1.165) is 6.42 Å². The van der Waals surface area contributed by atoms with Crippen molar-refractivity contribution in [3.05, 3.63) is 34.9 Å². The molecule has 0 aromatic carbocycles. The third-order valence-corrected chi connectivity index (χ3v) is 8.88. The molecule has 0 saturated heterocycles. The third-order valence-electron chi connectivity index (χ3n) is 8.88. The number of aliphatic hydroxyl groups is 3. The number of carbonyl (C=O) groups is 2. The van der Waals surface area contributed by atoms with Gasteiger partial charge in [-0.15, -0.1) is 0 Å². The number of esters is 1. The number of hydrogen-bond acceptors (Lipinski definition) is 6. The molecule has 6 nitrogen and oxygen atoms in total. The lowest BCUT2D eigenvalue weighted by molar-refractivity contribution is -0.201. The average Bonchev–Trinajstić information content (AvgIpc) is 3.21. The van der Waals surface area contributed by atoms with Gasteiger partial charge in [0.1, 0.15) is 6.10 Å². The molecule has 2 bridgehead atoms. The van der Waals surface area contributed by atoms with Gasteiger partial charge in [0.05, 0.1) is 12.0 Å². The van der Waals surface area contributed by atoms with Gasteiger partial charge in [0.25, 0.3) is 0 Å². The largest absolute Gasteiger partial charge is 0.451 e. The summed E-state index contributed by atoms with van der Waals surface area (Å²) in [7, 11) is 0. The van der Waals surface area contributed by atoms with E-state index >= 15 is 0 Å². The van der Waals surface area contributed by atoms with E-state index < -0.39 is 41.7 Å². The van der Waals surface area contributed by atoms with Crippen LogP contribution in [0, 0.1) is 34.5 Å². The second-order valence-electron chi connectivity index (χ2n) is 10.6. The molecular weight excluding hydrogens is 396 g/mol. The highest BCUT2D eigenvalue weighted by atomic mass is 16.6. The van der Waals surface area contributed by atoms with Crippen LogP contribution in [0.5, 0.6) is 0 Å². The molecule has 31 heavy (non-hydrogen) atoms. The van der Waals surface area contributed by atoms with Crippen LogP contribution in [0.3, 0.4) is 0 Å². The topological polar surface area (TPSA) is 104 Å². The maximum Gasteiger partial charge on any atom is 0.334 e. The Bertz CT molecular complexity index is 926. The van der Waals surface area contributed by atoms with Gasteiger partial charge in [-0.3, -0.25) is 4.79 Å². The first-order chi connectivity index (χ1) is 14.4. The van der Waals surface area contributed by atoms with Crippen molar-refractivity contribution in [2.75, 3.05) is 6.61 Å². The van der Waals surface area contributed by atoms with E-state index in [-0.39, 0.29) is 28.6 Å². The minimum absolute atomic E-state index is 0.0209. The Morgan fingerprint density at radius 3 is 2.58 bits per heavy atom. The highest BCUT2D eigenvalue weighted by molar-refractivity contribution is 5.96.